The highest BCUT2D eigenvalue weighted by atomic mass is 16.5. The maximum Gasteiger partial charge on any atom is 0.314 e. The van der Waals surface area contributed by atoms with Crippen molar-refractivity contribution in [2.24, 2.45) is 0 Å². The van der Waals surface area contributed by atoms with Gasteiger partial charge in [0.15, 0.2) is 0 Å². The van der Waals surface area contributed by atoms with Crippen LogP contribution in [-0.4, -0.2) is 30.4 Å². The molecule has 2 fully saturated rings. The van der Waals surface area contributed by atoms with Crippen LogP contribution in [0.25, 0.3) is 0 Å². The van der Waals surface area contributed by atoms with Gasteiger partial charge in [0.05, 0.1) is 18.6 Å². The second kappa shape index (κ2) is 4.28. The summed E-state index contributed by atoms with van der Waals surface area (Å²) < 4.78 is 11.0. The van der Waals surface area contributed by atoms with E-state index in [2.05, 4.69) is 0 Å². The molecule has 1 saturated heterocycles. The molecule has 1 atom stereocenters. The monoisotopic (exact) mass is 248 g/mol. The lowest BCUT2D eigenvalue weighted by atomic mass is 9.96. The van der Waals surface area contributed by atoms with Gasteiger partial charge in [-0.2, -0.15) is 0 Å². The summed E-state index contributed by atoms with van der Waals surface area (Å²) in [6, 6.07) is 7.45. The molecule has 96 valence electrons. The lowest BCUT2D eigenvalue weighted by Crippen LogP contribution is -2.19. The molecule has 1 saturated carbocycles. The molecule has 0 amide bonds. The van der Waals surface area contributed by atoms with Crippen LogP contribution in [0.4, 0.5) is 0 Å². The Morgan fingerprint density at radius 1 is 1.33 bits per heavy atom. The first-order valence-electron chi connectivity index (χ1n) is 6.29. The average Bonchev–Trinajstić information content (AvgIpc) is 3.04. The van der Waals surface area contributed by atoms with E-state index < -0.39 is 11.4 Å². The zero-order valence-corrected chi connectivity index (χ0v) is 10.1. The molecule has 1 aliphatic carbocycles. The van der Waals surface area contributed by atoms with Crippen LogP contribution >= 0.6 is 0 Å². The van der Waals surface area contributed by atoms with Crippen molar-refractivity contribution >= 4 is 5.97 Å². The number of aliphatic carboxylic acids is 1. The third-order valence-corrected chi connectivity index (χ3v) is 3.76. The van der Waals surface area contributed by atoms with E-state index in [1.807, 2.05) is 24.3 Å². The lowest BCUT2D eigenvalue weighted by molar-refractivity contribution is -0.140. The molecule has 2 aliphatic rings. The van der Waals surface area contributed by atoms with Gasteiger partial charge in [-0.05, 0) is 30.5 Å². The first-order valence-corrected chi connectivity index (χ1v) is 6.29. The minimum Gasteiger partial charge on any atom is -0.488 e. The maximum absolute atomic E-state index is 11.2. The van der Waals surface area contributed by atoms with E-state index >= 15 is 0 Å². The van der Waals surface area contributed by atoms with Crippen molar-refractivity contribution in [3.05, 3.63) is 29.8 Å². The standard InChI is InChI=1S/C14H16O4/c15-13(16)14(6-7-14)10-1-3-11(4-2-10)18-12-5-8-17-9-12/h1-4,12H,5-9H2,(H,15,16). The smallest absolute Gasteiger partial charge is 0.314 e. The minimum atomic E-state index is -0.722. The second-order valence-electron chi connectivity index (χ2n) is 5.02. The zero-order valence-electron chi connectivity index (χ0n) is 10.1. The van der Waals surface area contributed by atoms with Crippen LogP contribution in [0.3, 0.4) is 0 Å². The van der Waals surface area contributed by atoms with Gasteiger partial charge in [-0.25, -0.2) is 0 Å². The molecule has 0 bridgehead atoms. The number of ether oxygens (including phenoxy) is 2. The van der Waals surface area contributed by atoms with Gasteiger partial charge in [0.1, 0.15) is 11.9 Å². The number of rotatable bonds is 4. The minimum absolute atomic E-state index is 0.130. The predicted molar refractivity (Wildman–Crippen MR) is 64.8 cm³/mol. The highest BCUT2D eigenvalue weighted by Crippen LogP contribution is 2.48. The van der Waals surface area contributed by atoms with E-state index in [0.29, 0.717) is 6.61 Å². The van der Waals surface area contributed by atoms with Crippen LogP contribution in [0, 0.1) is 0 Å². The Morgan fingerprint density at radius 2 is 2.06 bits per heavy atom. The van der Waals surface area contributed by atoms with E-state index in [9.17, 15) is 9.90 Å². The van der Waals surface area contributed by atoms with Crippen molar-refractivity contribution in [3.8, 4) is 5.75 Å². The van der Waals surface area contributed by atoms with Gasteiger partial charge in [0.25, 0.3) is 0 Å². The fourth-order valence-electron chi connectivity index (χ4n) is 2.40. The average molecular weight is 248 g/mol. The Kier molecular flexibility index (Phi) is 2.74. The van der Waals surface area contributed by atoms with Crippen molar-refractivity contribution in [1.82, 2.24) is 0 Å². The predicted octanol–water partition coefficient (Wildman–Crippen LogP) is 1.97. The Labute approximate surface area is 106 Å². The van der Waals surface area contributed by atoms with Crippen LogP contribution < -0.4 is 4.74 Å². The van der Waals surface area contributed by atoms with Crippen LogP contribution in [0.15, 0.2) is 24.3 Å². The summed E-state index contributed by atoms with van der Waals surface area (Å²) in [7, 11) is 0. The molecule has 1 N–H and O–H groups in total. The molecule has 1 unspecified atom stereocenters. The van der Waals surface area contributed by atoms with Gasteiger partial charge in [-0.15, -0.1) is 0 Å². The molecular formula is C14H16O4. The number of carboxylic acid groups (broad SMARTS) is 1. The molecule has 4 heteroatoms. The molecule has 1 aromatic rings. The summed E-state index contributed by atoms with van der Waals surface area (Å²) in [5.74, 6) is 0.0656. The normalized spacial score (nSPS) is 24.8. The lowest BCUT2D eigenvalue weighted by Gasteiger charge is -2.14. The molecule has 4 nitrogen and oxygen atoms in total. The fourth-order valence-corrected chi connectivity index (χ4v) is 2.40. The van der Waals surface area contributed by atoms with Crippen molar-refractivity contribution in [3.63, 3.8) is 0 Å². The third kappa shape index (κ3) is 1.97. The molecule has 3 rings (SSSR count). The van der Waals surface area contributed by atoms with Gasteiger partial charge in [-0.3, -0.25) is 4.79 Å². The van der Waals surface area contributed by atoms with Gasteiger partial charge in [-0.1, -0.05) is 12.1 Å². The number of hydrogen-bond donors (Lipinski definition) is 1. The number of carboxylic acids is 1. The summed E-state index contributed by atoms with van der Waals surface area (Å²) in [6.45, 7) is 1.39. The maximum atomic E-state index is 11.2. The highest BCUT2D eigenvalue weighted by molar-refractivity contribution is 5.84. The Morgan fingerprint density at radius 3 is 2.56 bits per heavy atom. The molecule has 1 heterocycles. The number of benzene rings is 1. The molecular weight excluding hydrogens is 232 g/mol. The summed E-state index contributed by atoms with van der Waals surface area (Å²) in [5, 5.41) is 9.21. The quantitative estimate of drug-likeness (QED) is 0.885. The van der Waals surface area contributed by atoms with Crippen molar-refractivity contribution in [2.45, 2.75) is 30.8 Å². The van der Waals surface area contributed by atoms with Gasteiger partial charge < -0.3 is 14.6 Å². The van der Waals surface area contributed by atoms with Crippen molar-refractivity contribution < 1.29 is 19.4 Å². The fraction of sp³-hybridized carbons (Fsp3) is 0.500. The van der Waals surface area contributed by atoms with E-state index in [1.165, 1.54) is 0 Å². The van der Waals surface area contributed by atoms with Crippen molar-refractivity contribution in [2.75, 3.05) is 13.2 Å². The van der Waals surface area contributed by atoms with E-state index in [-0.39, 0.29) is 6.10 Å². The van der Waals surface area contributed by atoms with E-state index in [1.54, 1.807) is 0 Å². The molecule has 18 heavy (non-hydrogen) atoms. The molecule has 0 aromatic heterocycles. The Balaban J connectivity index is 1.71. The van der Waals surface area contributed by atoms with E-state index in [4.69, 9.17) is 9.47 Å². The number of carbonyl (C=O) groups is 1. The summed E-state index contributed by atoms with van der Waals surface area (Å²) in [4.78, 5) is 11.2. The SMILES string of the molecule is O=C(O)C1(c2ccc(OC3CCOC3)cc2)CC1. The summed E-state index contributed by atoms with van der Waals surface area (Å²) in [6.07, 6.45) is 2.52. The largest absolute Gasteiger partial charge is 0.488 e. The highest BCUT2D eigenvalue weighted by Gasteiger charge is 2.51. The molecule has 0 spiro atoms. The third-order valence-electron chi connectivity index (χ3n) is 3.76. The van der Waals surface area contributed by atoms with Crippen LogP contribution in [0.1, 0.15) is 24.8 Å². The zero-order chi connectivity index (χ0) is 12.6. The first kappa shape index (κ1) is 11.5. The van der Waals surface area contributed by atoms with Gasteiger partial charge in [0, 0.05) is 6.42 Å². The van der Waals surface area contributed by atoms with Crippen LogP contribution in [-0.2, 0) is 14.9 Å². The van der Waals surface area contributed by atoms with Crippen LogP contribution in [0.2, 0.25) is 0 Å². The van der Waals surface area contributed by atoms with Gasteiger partial charge >= 0.3 is 5.97 Å². The van der Waals surface area contributed by atoms with Gasteiger partial charge in [0.2, 0.25) is 0 Å². The second-order valence-corrected chi connectivity index (χ2v) is 5.02. The Bertz CT molecular complexity index is 441. The molecule has 1 aromatic carbocycles. The number of hydrogen-bond acceptors (Lipinski definition) is 3. The first-order chi connectivity index (χ1) is 8.71. The molecule has 1 aliphatic heterocycles. The molecule has 0 radical (unpaired) electrons. The topological polar surface area (TPSA) is 55.8 Å². The van der Waals surface area contributed by atoms with Crippen LogP contribution in [0.5, 0.6) is 5.75 Å². The summed E-state index contributed by atoms with van der Waals surface area (Å²) in [5.41, 5.74) is 0.250. The Hall–Kier alpha value is -1.55. The summed E-state index contributed by atoms with van der Waals surface area (Å²) >= 11 is 0. The van der Waals surface area contributed by atoms with E-state index in [0.717, 1.165) is 37.2 Å². The van der Waals surface area contributed by atoms with Crippen molar-refractivity contribution in [1.29, 1.82) is 0 Å².